The largest absolute Gasteiger partial charge is 0.507 e. The van der Waals surface area contributed by atoms with Crippen LogP contribution in [0.2, 0.25) is 0 Å². The van der Waals surface area contributed by atoms with Crippen molar-refractivity contribution < 1.29 is 23.8 Å². The number of hydrogen-bond donors (Lipinski definition) is 1. The SMILES string of the molecule is CCc1ccc(C2/C(=C(\O)c3cc(C(C)(C)C)ccc3OC)C(=O)C(=O)N2Cc2ccco2)cc1. The lowest BCUT2D eigenvalue weighted by atomic mass is 9.85. The van der Waals surface area contributed by atoms with Crippen LogP contribution in [0.1, 0.15) is 61.8 Å². The zero-order chi connectivity index (χ0) is 25.3. The molecule has 0 radical (unpaired) electrons. The van der Waals surface area contributed by atoms with Crippen molar-refractivity contribution >= 4 is 17.4 Å². The Bertz CT molecular complexity index is 1260. The van der Waals surface area contributed by atoms with Crippen LogP contribution in [-0.2, 0) is 28.0 Å². The molecule has 0 bridgehead atoms. The van der Waals surface area contributed by atoms with Crippen molar-refractivity contribution in [2.45, 2.75) is 52.1 Å². The molecule has 2 aromatic carbocycles. The summed E-state index contributed by atoms with van der Waals surface area (Å²) in [6.07, 6.45) is 2.39. The Hall–Kier alpha value is -3.80. The van der Waals surface area contributed by atoms with Crippen LogP contribution in [0.15, 0.2) is 70.9 Å². The smallest absolute Gasteiger partial charge is 0.296 e. The molecule has 6 nitrogen and oxygen atoms in total. The summed E-state index contributed by atoms with van der Waals surface area (Å²) in [6.45, 7) is 8.36. The van der Waals surface area contributed by atoms with Gasteiger partial charge in [-0.15, -0.1) is 0 Å². The molecule has 2 heterocycles. The number of aliphatic hydroxyl groups is 1. The third kappa shape index (κ3) is 4.61. The van der Waals surface area contributed by atoms with E-state index >= 15 is 0 Å². The number of benzene rings is 2. The van der Waals surface area contributed by atoms with E-state index in [0.29, 0.717) is 17.1 Å². The van der Waals surface area contributed by atoms with Gasteiger partial charge in [0.2, 0.25) is 0 Å². The highest BCUT2D eigenvalue weighted by atomic mass is 16.5. The van der Waals surface area contributed by atoms with Crippen molar-refractivity contribution in [2.75, 3.05) is 7.11 Å². The van der Waals surface area contributed by atoms with Gasteiger partial charge < -0.3 is 19.2 Å². The van der Waals surface area contributed by atoms with E-state index < -0.39 is 17.7 Å². The number of furan rings is 1. The fourth-order valence-corrected chi connectivity index (χ4v) is 4.40. The van der Waals surface area contributed by atoms with E-state index in [9.17, 15) is 14.7 Å². The number of carbonyl (C=O) groups is 2. The lowest BCUT2D eigenvalue weighted by molar-refractivity contribution is -0.140. The third-order valence-corrected chi connectivity index (χ3v) is 6.47. The summed E-state index contributed by atoms with van der Waals surface area (Å²) in [6, 6.07) is 16.0. The van der Waals surface area contributed by atoms with Gasteiger partial charge in [-0.05, 0) is 52.8 Å². The number of methoxy groups -OCH3 is 1. The van der Waals surface area contributed by atoms with Gasteiger partial charge in [0.15, 0.2) is 0 Å². The molecule has 1 aliphatic heterocycles. The summed E-state index contributed by atoms with van der Waals surface area (Å²) in [5.41, 5.74) is 3.06. The Balaban J connectivity index is 1.92. The van der Waals surface area contributed by atoms with E-state index in [2.05, 4.69) is 27.7 Å². The minimum absolute atomic E-state index is 0.0372. The monoisotopic (exact) mass is 473 g/mol. The number of rotatable bonds is 6. The van der Waals surface area contributed by atoms with Gasteiger partial charge in [-0.1, -0.05) is 58.0 Å². The molecule has 182 valence electrons. The Labute approximate surface area is 205 Å². The summed E-state index contributed by atoms with van der Waals surface area (Å²) in [7, 11) is 1.51. The molecule has 3 aromatic rings. The first-order chi connectivity index (χ1) is 16.7. The molecule has 1 saturated heterocycles. The van der Waals surface area contributed by atoms with Crippen LogP contribution in [-0.4, -0.2) is 28.8 Å². The van der Waals surface area contributed by atoms with Gasteiger partial charge >= 0.3 is 0 Å². The molecular weight excluding hydrogens is 442 g/mol. The number of ether oxygens (including phenoxy) is 1. The fourth-order valence-electron chi connectivity index (χ4n) is 4.40. The van der Waals surface area contributed by atoms with Gasteiger partial charge in [0, 0.05) is 0 Å². The Kier molecular flexibility index (Phi) is 6.57. The van der Waals surface area contributed by atoms with Crippen molar-refractivity contribution in [1.82, 2.24) is 4.90 Å². The first-order valence-corrected chi connectivity index (χ1v) is 11.7. The highest BCUT2D eigenvalue weighted by Gasteiger charge is 2.46. The average molecular weight is 474 g/mol. The first kappa shape index (κ1) is 24.3. The van der Waals surface area contributed by atoms with Crippen LogP contribution < -0.4 is 4.74 Å². The quantitative estimate of drug-likeness (QED) is 0.279. The van der Waals surface area contributed by atoms with Crippen LogP contribution in [0.25, 0.3) is 5.76 Å². The number of aliphatic hydroxyl groups excluding tert-OH is 1. The molecule has 1 fully saturated rings. The minimum Gasteiger partial charge on any atom is -0.507 e. The predicted molar refractivity (Wildman–Crippen MR) is 134 cm³/mol. The summed E-state index contributed by atoms with van der Waals surface area (Å²) in [4.78, 5) is 28.0. The van der Waals surface area contributed by atoms with Gasteiger partial charge in [-0.3, -0.25) is 9.59 Å². The second-order valence-corrected chi connectivity index (χ2v) is 9.77. The summed E-state index contributed by atoms with van der Waals surface area (Å²) < 4.78 is 11.0. The van der Waals surface area contributed by atoms with E-state index in [4.69, 9.17) is 9.15 Å². The molecule has 4 rings (SSSR count). The number of Topliss-reactive ketones (excluding diaryl/α,β-unsaturated/α-hetero) is 1. The average Bonchev–Trinajstić information content (AvgIpc) is 3.45. The number of nitrogens with zero attached hydrogens (tertiary/aromatic N) is 1. The zero-order valence-electron chi connectivity index (χ0n) is 20.8. The zero-order valence-corrected chi connectivity index (χ0v) is 20.8. The van der Waals surface area contributed by atoms with Gasteiger partial charge in [0.25, 0.3) is 11.7 Å². The predicted octanol–water partition coefficient (Wildman–Crippen LogP) is 5.77. The molecule has 1 aromatic heterocycles. The van der Waals surface area contributed by atoms with Crippen LogP contribution in [0.4, 0.5) is 0 Å². The van der Waals surface area contributed by atoms with Crippen molar-refractivity contribution in [2.24, 2.45) is 0 Å². The van der Waals surface area contributed by atoms with Gasteiger partial charge in [-0.25, -0.2) is 0 Å². The van der Waals surface area contributed by atoms with E-state index in [1.54, 1.807) is 18.2 Å². The summed E-state index contributed by atoms with van der Waals surface area (Å²) in [5, 5.41) is 11.6. The number of aryl methyl sites for hydroxylation is 1. The van der Waals surface area contributed by atoms with Crippen molar-refractivity contribution in [3.8, 4) is 5.75 Å². The molecule has 6 heteroatoms. The van der Waals surface area contributed by atoms with E-state index in [-0.39, 0.29) is 23.3 Å². The number of hydrogen-bond acceptors (Lipinski definition) is 5. The van der Waals surface area contributed by atoms with Crippen LogP contribution in [0, 0.1) is 0 Å². The number of likely N-dealkylation sites (tertiary alicyclic amines) is 1. The lowest BCUT2D eigenvalue weighted by Crippen LogP contribution is -2.29. The van der Waals surface area contributed by atoms with E-state index in [0.717, 1.165) is 23.1 Å². The molecule has 1 aliphatic rings. The fraction of sp³-hybridized carbons (Fsp3) is 0.310. The highest BCUT2D eigenvalue weighted by molar-refractivity contribution is 6.46. The molecule has 0 spiro atoms. The van der Waals surface area contributed by atoms with Crippen molar-refractivity contribution in [3.05, 3.63) is 94.4 Å². The molecular formula is C29H31NO5. The summed E-state index contributed by atoms with van der Waals surface area (Å²) >= 11 is 0. The third-order valence-electron chi connectivity index (χ3n) is 6.47. The first-order valence-electron chi connectivity index (χ1n) is 11.7. The molecule has 1 unspecified atom stereocenters. The molecule has 0 aliphatic carbocycles. The topological polar surface area (TPSA) is 80.0 Å². The Morgan fingerprint density at radius 2 is 1.80 bits per heavy atom. The van der Waals surface area contributed by atoms with Gasteiger partial charge in [-0.2, -0.15) is 0 Å². The second kappa shape index (κ2) is 9.45. The minimum atomic E-state index is -0.769. The number of carbonyl (C=O) groups excluding carboxylic acids is 2. The maximum absolute atomic E-state index is 13.4. The van der Waals surface area contributed by atoms with Gasteiger partial charge in [0.05, 0.1) is 37.1 Å². The highest BCUT2D eigenvalue weighted by Crippen LogP contribution is 2.42. The molecule has 1 atom stereocenters. The van der Waals surface area contributed by atoms with Gasteiger partial charge in [0.1, 0.15) is 17.3 Å². The normalized spacial score (nSPS) is 17.7. The van der Waals surface area contributed by atoms with E-state index in [1.165, 1.54) is 18.3 Å². The maximum Gasteiger partial charge on any atom is 0.296 e. The molecule has 1 amide bonds. The van der Waals surface area contributed by atoms with Crippen LogP contribution in [0.5, 0.6) is 5.75 Å². The van der Waals surface area contributed by atoms with Crippen LogP contribution >= 0.6 is 0 Å². The summed E-state index contributed by atoms with van der Waals surface area (Å²) in [5.74, 6) is -0.694. The van der Waals surface area contributed by atoms with Crippen molar-refractivity contribution in [3.63, 3.8) is 0 Å². The van der Waals surface area contributed by atoms with E-state index in [1.807, 2.05) is 36.4 Å². The molecule has 1 N–H and O–H groups in total. The molecule has 35 heavy (non-hydrogen) atoms. The molecule has 0 saturated carbocycles. The van der Waals surface area contributed by atoms with Crippen LogP contribution in [0.3, 0.4) is 0 Å². The lowest BCUT2D eigenvalue weighted by Gasteiger charge is -2.25. The number of amides is 1. The maximum atomic E-state index is 13.4. The second-order valence-electron chi connectivity index (χ2n) is 9.77. The standard InChI is InChI=1S/C29H31NO5/c1-6-18-9-11-19(12-10-18)25-24(27(32)28(33)30(25)17-21-8-7-15-35-21)26(31)22-16-20(29(2,3)4)13-14-23(22)34-5/h7-16,25,31H,6,17H2,1-5H3/b26-24+. The van der Waals surface area contributed by atoms with Crippen molar-refractivity contribution in [1.29, 1.82) is 0 Å². The Morgan fingerprint density at radius 1 is 1.09 bits per heavy atom. The number of ketones is 1. The Morgan fingerprint density at radius 3 is 2.37 bits per heavy atom.